The summed E-state index contributed by atoms with van der Waals surface area (Å²) >= 11 is 1.83. The molecular formula is C11H17N3S. The van der Waals surface area contributed by atoms with E-state index in [9.17, 15) is 0 Å². The van der Waals surface area contributed by atoms with Gasteiger partial charge in [0.25, 0.3) is 0 Å². The van der Waals surface area contributed by atoms with Crippen molar-refractivity contribution in [3.8, 4) is 0 Å². The summed E-state index contributed by atoms with van der Waals surface area (Å²) in [6.07, 6.45) is 1.91. The van der Waals surface area contributed by atoms with E-state index in [2.05, 4.69) is 16.9 Å². The number of aromatic nitrogens is 1. The molecule has 1 aromatic heterocycles. The van der Waals surface area contributed by atoms with E-state index in [4.69, 9.17) is 5.73 Å². The van der Waals surface area contributed by atoms with Gasteiger partial charge in [-0.1, -0.05) is 6.08 Å². The molecule has 1 aromatic rings. The molecule has 15 heavy (non-hydrogen) atoms. The van der Waals surface area contributed by atoms with Crippen LogP contribution >= 0.6 is 11.8 Å². The molecule has 1 rings (SSSR count). The highest BCUT2D eigenvalue weighted by molar-refractivity contribution is 7.99. The Morgan fingerprint density at radius 3 is 3.13 bits per heavy atom. The molecular weight excluding hydrogens is 206 g/mol. The van der Waals surface area contributed by atoms with Gasteiger partial charge in [0.05, 0.1) is 5.69 Å². The number of nitrogens with zero attached hydrogens (tertiary/aromatic N) is 1. The lowest BCUT2D eigenvalue weighted by molar-refractivity contribution is 1.13. The Morgan fingerprint density at radius 1 is 1.60 bits per heavy atom. The number of thioether (sulfide) groups is 1. The Kier molecular flexibility index (Phi) is 5.04. The molecule has 0 fully saturated rings. The van der Waals surface area contributed by atoms with Gasteiger partial charge in [-0.3, -0.25) is 0 Å². The van der Waals surface area contributed by atoms with Crippen LogP contribution in [-0.2, 0) is 0 Å². The first kappa shape index (κ1) is 11.9. The Morgan fingerprint density at radius 2 is 2.40 bits per heavy atom. The van der Waals surface area contributed by atoms with Crippen molar-refractivity contribution in [2.75, 3.05) is 29.1 Å². The third-order valence-corrected chi connectivity index (χ3v) is 2.80. The average molecular weight is 223 g/mol. The fourth-order valence-electron chi connectivity index (χ4n) is 1.12. The van der Waals surface area contributed by atoms with Gasteiger partial charge >= 0.3 is 0 Å². The Labute approximate surface area is 95.2 Å². The molecule has 82 valence electrons. The summed E-state index contributed by atoms with van der Waals surface area (Å²) in [7, 11) is 0. The average Bonchev–Trinajstić information content (AvgIpc) is 2.23. The van der Waals surface area contributed by atoms with Gasteiger partial charge in [0.2, 0.25) is 0 Å². The monoisotopic (exact) mass is 223 g/mol. The zero-order valence-electron chi connectivity index (χ0n) is 8.99. The van der Waals surface area contributed by atoms with E-state index in [1.54, 1.807) is 0 Å². The van der Waals surface area contributed by atoms with Crippen LogP contribution in [0.25, 0.3) is 0 Å². The highest BCUT2D eigenvalue weighted by atomic mass is 32.2. The number of anilines is 2. The molecule has 0 saturated heterocycles. The Bertz CT molecular complexity index is 326. The van der Waals surface area contributed by atoms with Gasteiger partial charge in [0, 0.05) is 23.7 Å². The number of nitrogens with two attached hydrogens (primary N) is 1. The number of aryl methyl sites for hydroxylation is 1. The summed E-state index contributed by atoms with van der Waals surface area (Å²) in [5, 5.41) is 3.22. The van der Waals surface area contributed by atoms with Crippen LogP contribution < -0.4 is 11.1 Å². The van der Waals surface area contributed by atoms with Gasteiger partial charge in [-0.15, -0.1) is 6.58 Å². The number of nitrogen functional groups attached to an aromatic ring is 1. The third-order valence-electron chi connectivity index (χ3n) is 1.84. The first-order valence-electron chi connectivity index (χ1n) is 4.89. The predicted octanol–water partition coefficient (Wildman–Crippen LogP) is 2.30. The van der Waals surface area contributed by atoms with Gasteiger partial charge in [-0.2, -0.15) is 11.8 Å². The number of rotatable bonds is 6. The van der Waals surface area contributed by atoms with Crippen molar-refractivity contribution in [2.45, 2.75) is 6.92 Å². The second kappa shape index (κ2) is 6.35. The van der Waals surface area contributed by atoms with Crippen molar-refractivity contribution in [3.63, 3.8) is 0 Å². The van der Waals surface area contributed by atoms with Crippen molar-refractivity contribution in [3.05, 3.63) is 30.5 Å². The predicted molar refractivity (Wildman–Crippen MR) is 69.4 cm³/mol. The molecule has 3 N–H and O–H groups in total. The molecule has 0 atom stereocenters. The van der Waals surface area contributed by atoms with Crippen molar-refractivity contribution in [1.82, 2.24) is 4.98 Å². The molecule has 0 unspecified atom stereocenters. The van der Waals surface area contributed by atoms with Gasteiger partial charge in [-0.25, -0.2) is 4.98 Å². The maximum Gasteiger partial charge on any atom is 0.149 e. The van der Waals surface area contributed by atoms with Crippen LogP contribution in [0.1, 0.15) is 5.69 Å². The molecule has 0 spiro atoms. The van der Waals surface area contributed by atoms with E-state index in [1.165, 1.54) is 0 Å². The van der Waals surface area contributed by atoms with Crippen molar-refractivity contribution < 1.29 is 0 Å². The van der Waals surface area contributed by atoms with E-state index in [-0.39, 0.29) is 0 Å². The van der Waals surface area contributed by atoms with Gasteiger partial charge in [0.1, 0.15) is 5.82 Å². The normalized spacial score (nSPS) is 9.93. The molecule has 0 saturated carbocycles. The maximum absolute atomic E-state index is 5.78. The third kappa shape index (κ3) is 4.25. The largest absolute Gasteiger partial charge is 0.396 e. The van der Waals surface area contributed by atoms with Crippen LogP contribution in [-0.4, -0.2) is 23.0 Å². The summed E-state index contributed by atoms with van der Waals surface area (Å²) in [5.41, 5.74) is 7.46. The smallest absolute Gasteiger partial charge is 0.149 e. The molecule has 0 radical (unpaired) electrons. The molecule has 0 aliphatic rings. The summed E-state index contributed by atoms with van der Waals surface area (Å²) < 4.78 is 0. The summed E-state index contributed by atoms with van der Waals surface area (Å²) in [4.78, 5) is 4.32. The first-order chi connectivity index (χ1) is 7.24. The van der Waals surface area contributed by atoms with E-state index >= 15 is 0 Å². The van der Waals surface area contributed by atoms with Crippen molar-refractivity contribution >= 4 is 23.3 Å². The SMILES string of the molecule is C=CCSCCNc1nc(C)ccc1N. The topological polar surface area (TPSA) is 50.9 Å². The Balaban J connectivity index is 2.36. The van der Waals surface area contributed by atoms with Crippen molar-refractivity contribution in [1.29, 1.82) is 0 Å². The lowest BCUT2D eigenvalue weighted by atomic mass is 10.3. The maximum atomic E-state index is 5.78. The molecule has 1 heterocycles. The molecule has 0 aliphatic carbocycles. The summed E-state index contributed by atoms with van der Waals surface area (Å²) in [5.74, 6) is 2.80. The number of hydrogen-bond acceptors (Lipinski definition) is 4. The molecule has 3 nitrogen and oxygen atoms in total. The van der Waals surface area contributed by atoms with Gasteiger partial charge < -0.3 is 11.1 Å². The fraction of sp³-hybridized carbons (Fsp3) is 0.364. The highest BCUT2D eigenvalue weighted by Gasteiger charge is 1.99. The number of nitrogens with one attached hydrogen (secondary N) is 1. The van der Waals surface area contributed by atoms with Gasteiger partial charge in [0.15, 0.2) is 0 Å². The lowest BCUT2D eigenvalue weighted by Crippen LogP contribution is -2.08. The molecule has 0 aromatic carbocycles. The van der Waals surface area contributed by atoms with Crippen LogP contribution in [0.4, 0.5) is 11.5 Å². The van der Waals surface area contributed by atoms with E-state index in [1.807, 2.05) is 36.9 Å². The summed E-state index contributed by atoms with van der Waals surface area (Å²) in [6, 6.07) is 3.79. The number of hydrogen-bond donors (Lipinski definition) is 2. The van der Waals surface area contributed by atoms with E-state index in [0.29, 0.717) is 5.69 Å². The van der Waals surface area contributed by atoms with Gasteiger partial charge in [-0.05, 0) is 19.1 Å². The zero-order chi connectivity index (χ0) is 11.1. The highest BCUT2D eigenvalue weighted by Crippen LogP contribution is 2.15. The van der Waals surface area contributed by atoms with Crippen LogP contribution in [0.2, 0.25) is 0 Å². The molecule has 0 bridgehead atoms. The minimum Gasteiger partial charge on any atom is -0.396 e. The quantitative estimate of drug-likeness (QED) is 0.574. The van der Waals surface area contributed by atoms with Crippen LogP contribution in [0.3, 0.4) is 0 Å². The number of pyridine rings is 1. The van der Waals surface area contributed by atoms with E-state index < -0.39 is 0 Å². The van der Waals surface area contributed by atoms with Crippen LogP contribution in [0.5, 0.6) is 0 Å². The fourth-order valence-corrected chi connectivity index (χ4v) is 1.70. The van der Waals surface area contributed by atoms with E-state index in [0.717, 1.165) is 29.6 Å². The zero-order valence-corrected chi connectivity index (χ0v) is 9.81. The molecule has 4 heteroatoms. The van der Waals surface area contributed by atoms with Crippen LogP contribution in [0.15, 0.2) is 24.8 Å². The molecule has 0 amide bonds. The standard InChI is InChI=1S/C11H17N3S/c1-3-7-15-8-6-13-11-10(12)5-4-9(2)14-11/h3-5H,1,6-8,12H2,2H3,(H,13,14). The first-order valence-corrected chi connectivity index (χ1v) is 6.05. The Hall–Kier alpha value is -1.16. The molecule has 0 aliphatic heterocycles. The lowest BCUT2D eigenvalue weighted by Gasteiger charge is -2.08. The summed E-state index contributed by atoms with van der Waals surface area (Å²) in [6.45, 7) is 6.50. The second-order valence-corrected chi connectivity index (χ2v) is 4.33. The minimum atomic E-state index is 0.703. The second-order valence-electron chi connectivity index (χ2n) is 3.18. The minimum absolute atomic E-state index is 0.703. The van der Waals surface area contributed by atoms with Crippen molar-refractivity contribution in [2.24, 2.45) is 0 Å². The van der Waals surface area contributed by atoms with Crippen LogP contribution in [0, 0.1) is 6.92 Å².